The quantitative estimate of drug-likeness (QED) is 0.603. The molecule has 0 aliphatic carbocycles. The highest BCUT2D eigenvalue weighted by Gasteiger charge is 2.11. The van der Waals surface area contributed by atoms with Gasteiger partial charge < -0.3 is 10.1 Å². The highest BCUT2D eigenvalue weighted by Crippen LogP contribution is 2.22. The average Bonchev–Trinajstić information content (AvgIpc) is 2.82. The van der Waals surface area contributed by atoms with Crippen LogP contribution in [-0.4, -0.2) is 35.9 Å². The van der Waals surface area contributed by atoms with E-state index in [1.54, 1.807) is 17.9 Å². The Morgan fingerprint density at radius 1 is 1.33 bits per heavy atom. The number of methoxy groups -OCH3 is 1. The molecule has 0 radical (unpaired) electrons. The molecule has 1 heterocycles. The summed E-state index contributed by atoms with van der Waals surface area (Å²) < 4.78 is 6.58. The van der Waals surface area contributed by atoms with E-state index in [9.17, 15) is 4.79 Å². The predicted octanol–water partition coefficient (Wildman–Crippen LogP) is 3.32. The minimum absolute atomic E-state index is 0.201. The van der Waals surface area contributed by atoms with E-state index >= 15 is 0 Å². The highest BCUT2D eigenvalue weighted by molar-refractivity contribution is 6.31. The Labute approximate surface area is 151 Å². The molecule has 0 aliphatic heterocycles. The number of aromatic nitrogens is 2. The van der Waals surface area contributed by atoms with Crippen molar-refractivity contribution in [3.05, 3.63) is 57.3 Å². The van der Waals surface area contributed by atoms with Gasteiger partial charge in [-0.15, -0.1) is 0 Å². The lowest BCUT2D eigenvalue weighted by atomic mass is 10.2. The van der Waals surface area contributed by atoms with E-state index < -0.39 is 0 Å². The van der Waals surface area contributed by atoms with Crippen molar-refractivity contribution in [2.75, 3.05) is 20.3 Å². The number of amides is 1. The third-order valence-corrected chi connectivity index (χ3v) is 4.01. The van der Waals surface area contributed by atoms with E-state index in [1.807, 2.05) is 31.2 Å². The van der Waals surface area contributed by atoms with Gasteiger partial charge in [-0.3, -0.25) is 4.79 Å². The molecule has 0 atom stereocenters. The van der Waals surface area contributed by atoms with Gasteiger partial charge in [0, 0.05) is 30.3 Å². The number of carbonyl (C=O) groups is 1. The second-order valence-corrected chi connectivity index (χ2v) is 5.99. The number of benzene rings is 1. The van der Waals surface area contributed by atoms with Crippen molar-refractivity contribution in [1.82, 2.24) is 15.1 Å². The number of nitrogens with one attached hydrogen (secondary N) is 1. The number of nitrogens with zero attached hydrogens (tertiary/aromatic N) is 2. The summed E-state index contributed by atoms with van der Waals surface area (Å²) in [5.74, 6) is -0.201. The molecule has 0 fully saturated rings. The number of hydrogen-bond acceptors (Lipinski definition) is 3. The van der Waals surface area contributed by atoms with E-state index in [2.05, 4.69) is 10.4 Å². The van der Waals surface area contributed by atoms with Crippen LogP contribution in [0.2, 0.25) is 10.2 Å². The smallest absolute Gasteiger partial charge is 0.244 e. The highest BCUT2D eigenvalue weighted by atomic mass is 35.5. The molecule has 1 aromatic heterocycles. The Kier molecular flexibility index (Phi) is 6.85. The van der Waals surface area contributed by atoms with Gasteiger partial charge in [0.1, 0.15) is 5.15 Å². The van der Waals surface area contributed by atoms with Crippen molar-refractivity contribution < 1.29 is 9.53 Å². The second kappa shape index (κ2) is 8.87. The molecule has 5 nitrogen and oxygen atoms in total. The van der Waals surface area contributed by atoms with Crippen LogP contribution in [0.5, 0.6) is 0 Å². The molecular formula is C17H19Cl2N3O2. The van der Waals surface area contributed by atoms with Crippen LogP contribution in [0.15, 0.2) is 30.3 Å². The molecular weight excluding hydrogens is 349 g/mol. The maximum Gasteiger partial charge on any atom is 0.244 e. The monoisotopic (exact) mass is 367 g/mol. The molecule has 0 spiro atoms. The molecule has 0 bridgehead atoms. The molecule has 1 aromatic carbocycles. The Bertz CT molecular complexity index is 724. The summed E-state index contributed by atoms with van der Waals surface area (Å²) in [6, 6.07) is 7.50. The first kappa shape index (κ1) is 18.5. The molecule has 0 unspecified atom stereocenters. The molecule has 2 rings (SSSR count). The Morgan fingerprint density at radius 2 is 2.04 bits per heavy atom. The van der Waals surface area contributed by atoms with Crippen molar-refractivity contribution in [3.63, 3.8) is 0 Å². The summed E-state index contributed by atoms with van der Waals surface area (Å²) in [6.07, 6.45) is 3.11. The summed E-state index contributed by atoms with van der Waals surface area (Å²) in [5.41, 5.74) is 2.53. The summed E-state index contributed by atoms with van der Waals surface area (Å²) >= 11 is 12.3. The first-order valence-electron chi connectivity index (χ1n) is 7.43. The van der Waals surface area contributed by atoms with Crippen LogP contribution in [0.25, 0.3) is 6.08 Å². The SMILES string of the molecule is COCCNC(=O)/C=C/c1c(C)nn(Cc2ccc(Cl)cc2)c1Cl. The molecule has 128 valence electrons. The van der Waals surface area contributed by atoms with E-state index in [1.165, 1.54) is 6.08 Å². The van der Waals surface area contributed by atoms with Crippen molar-refractivity contribution >= 4 is 35.2 Å². The zero-order valence-corrected chi connectivity index (χ0v) is 15.1. The molecule has 2 aromatic rings. The van der Waals surface area contributed by atoms with Gasteiger partial charge in [-0.25, -0.2) is 4.68 Å². The van der Waals surface area contributed by atoms with Crippen LogP contribution in [-0.2, 0) is 16.1 Å². The van der Waals surface area contributed by atoms with Crippen LogP contribution in [0, 0.1) is 6.92 Å². The van der Waals surface area contributed by atoms with Gasteiger partial charge in [0.25, 0.3) is 0 Å². The fourth-order valence-electron chi connectivity index (χ4n) is 2.12. The first-order valence-corrected chi connectivity index (χ1v) is 8.19. The number of hydrogen-bond donors (Lipinski definition) is 1. The molecule has 0 saturated heterocycles. The Hall–Kier alpha value is -1.82. The van der Waals surface area contributed by atoms with Crippen molar-refractivity contribution in [2.45, 2.75) is 13.5 Å². The molecule has 7 heteroatoms. The molecule has 1 N–H and O–H groups in total. The van der Waals surface area contributed by atoms with Crippen LogP contribution in [0.3, 0.4) is 0 Å². The lowest BCUT2D eigenvalue weighted by Gasteiger charge is -2.04. The van der Waals surface area contributed by atoms with Gasteiger partial charge in [-0.05, 0) is 30.7 Å². The number of rotatable bonds is 7. The zero-order chi connectivity index (χ0) is 17.5. The largest absolute Gasteiger partial charge is 0.383 e. The number of carbonyl (C=O) groups excluding carboxylic acids is 1. The van der Waals surface area contributed by atoms with E-state index in [0.717, 1.165) is 16.8 Å². The van der Waals surface area contributed by atoms with Crippen molar-refractivity contribution in [2.24, 2.45) is 0 Å². The minimum atomic E-state index is -0.201. The van der Waals surface area contributed by atoms with Crippen molar-refractivity contribution in [1.29, 1.82) is 0 Å². The topological polar surface area (TPSA) is 56.1 Å². The fraction of sp³-hybridized carbons (Fsp3) is 0.294. The van der Waals surface area contributed by atoms with E-state index in [-0.39, 0.29) is 5.91 Å². The maximum atomic E-state index is 11.7. The van der Waals surface area contributed by atoms with E-state index in [4.69, 9.17) is 27.9 Å². The first-order chi connectivity index (χ1) is 11.5. The van der Waals surface area contributed by atoms with Gasteiger partial charge >= 0.3 is 0 Å². The summed E-state index contributed by atoms with van der Waals surface area (Å²) in [7, 11) is 1.58. The molecule has 1 amide bonds. The minimum Gasteiger partial charge on any atom is -0.383 e. The summed E-state index contributed by atoms with van der Waals surface area (Å²) in [6.45, 7) is 3.32. The molecule has 0 saturated carbocycles. The lowest BCUT2D eigenvalue weighted by molar-refractivity contribution is -0.116. The van der Waals surface area contributed by atoms with Gasteiger partial charge in [0.05, 0.1) is 18.8 Å². The zero-order valence-electron chi connectivity index (χ0n) is 13.6. The third kappa shape index (κ3) is 5.09. The number of halogens is 2. The standard InChI is InChI=1S/C17H19Cl2N3O2/c1-12-15(7-8-16(23)20-9-10-24-2)17(19)22(21-12)11-13-3-5-14(18)6-4-13/h3-8H,9-11H2,1-2H3,(H,20,23)/b8-7+. The van der Waals surface area contributed by atoms with Gasteiger partial charge in [0.2, 0.25) is 5.91 Å². The second-order valence-electron chi connectivity index (χ2n) is 5.19. The van der Waals surface area contributed by atoms with Gasteiger partial charge in [-0.1, -0.05) is 35.3 Å². The number of ether oxygens (including phenoxy) is 1. The molecule has 24 heavy (non-hydrogen) atoms. The summed E-state index contributed by atoms with van der Waals surface area (Å²) in [5, 5.41) is 8.32. The third-order valence-electron chi connectivity index (χ3n) is 3.36. The predicted molar refractivity (Wildman–Crippen MR) is 96.4 cm³/mol. The average molecular weight is 368 g/mol. The van der Waals surface area contributed by atoms with Crippen molar-refractivity contribution in [3.8, 4) is 0 Å². The van der Waals surface area contributed by atoms with Crippen LogP contribution in [0.1, 0.15) is 16.8 Å². The molecule has 0 aliphatic rings. The maximum absolute atomic E-state index is 11.7. The lowest BCUT2D eigenvalue weighted by Crippen LogP contribution is -2.24. The van der Waals surface area contributed by atoms with Crippen LogP contribution >= 0.6 is 23.2 Å². The normalized spacial score (nSPS) is 11.2. The van der Waals surface area contributed by atoms with E-state index in [0.29, 0.717) is 29.9 Å². The van der Waals surface area contributed by atoms with Crippen LogP contribution < -0.4 is 5.32 Å². The Morgan fingerprint density at radius 3 is 2.71 bits per heavy atom. The Balaban J connectivity index is 2.08. The van der Waals surface area contributed by atoms with Gasteiger partial charge in [0.15, 0.2) is 0 Å². The number of aryl methyl sites for hydroxylation is 1. The van der Waals surface area contributed by atoms with Crippen LogP contribution in [0.4, 0.5) is 0 Å². The van der Waals surface area contributed by atoms with Gasteiger partial charge in [-0.2, -0.15) is 5.10 Å². The summed E-state index contributed by atoms with van der Waals surface area (Å²) in [4.78, 5) is 11.7. The fourth-order valence-corrected chi connectivity index (χ4v) is 2.54.